The van der Waals surface area contributed by atoms with Crippen molar-refractivity contribution in [1.82, 2.24) is 9.80 Å². The zero-order valence-corrected chi connectivity index (χ0v) is 16.4. The van der Waals surface area contributed by atoms with Gasteiger partial charge in [-0.25, -0.2) is 0 Å². The number of benzene rings is 2. The average Bonchev–Trinajstić information content (AvgIpc) is 2.66. The summed E-state index contributed by atoms with van der Waals surface area (Å²) in [6.07, 6.45) is 0.788. The van der Waals surface area contributed by atoms with Gasteiger partial charge in [0, 0.05) is 50.9 Å². The molecular formula is C23H30N2O2. The predicted molar refractivity (Wildman–Crippen MR) is 109 cm³/mol. The predicted octanol–water partition coefficient (Wildman–Crippen LogP) is 3.27. The third-order valence-corrected chi connectivity index (χ3v) is 5.53. The van der Waals surface area contributed by atoms with Crippen LogP contribution in [0, 0.1) is 6.92 Å². The minimum absolute atomic E-state index is 0.109. The Morgan fingerprint density at radius 1 is 1.11 bits per heavy atom. The van der Waals surface area contributed by atoms with Gasteiger partial charge in [-0.15, -0.1) is 0 Å². The second kappa shape index (κ2) is 9.27. The van der Waals surface area contributed by atoms with Gasteiger partial charge < -0.3 is 5.11 Å². The van der Waals surface area contributed by atoms with E-state index in [1.807, 2.05) is 18.2 Å². The van der Waals surface area contributed by atoms with Gasteiger partial charge in [0.25, 0.3) is 0 Å². The van der Waals surface area contributed by atoms with Crippen molar-refractivity contribution in [2.45, 2.75) is 39.4 Å². The van der Waals surface area contributed by atoms with E-state index >= 15 is 0 Å². The molecule has 0 spiro atoms. The van der Waals surface area contributed by atoms with Gasteiger partial charge in [-0.3, -0.25) is 14.6 Å². The number of rotatable bonds is 7. The molecular weight excluding hydrogens is 336 g/mol. The van der Waals surface area contributed by atoms with E-state index < -0.39 is 0 Å². The molecule has 2 aromatic carbocycles. The zero-order chi connectivity index (χ0) is 19.2. The fourth-order valence-electron chi connectivity index (χ4n) is 3.89. The lowest BCUT2D eigenvalue weighted by molar-refractivity contribution is 0.0498. The lowest BCUT2D eigenvalue weighted by atomic mass is 10.0. The minimum atomic E-state index is 0.109. The quantitative estimate of drug-likeness (QED) is 0.764. The number of hydrogen-bond acceptors (Lipinski definition) is 4. The van der Waals surface area contributed by atoms with Crippen molar-refractivity contribution in [3.05, 3.63) is 70.8 Å². The molecule has 1 N–H and O–H groups in total. The van der Waals surface area contributed by atoms with Crippen molar-refractivity contribution in [1.29, 1.82) is 0 Å². The Morgan fingerprint density at radius 3 is 2.67 bits per heavy atom. The van der Waals surface area contributed by atoms with Crippen LogP contribution in [0.3, 0.4) is 0 Å². The third-order valence-electron chi connectivity index (χ3n) is 5.53. The van der Waals surface area contributed by atoms with Crippen LogP contribution < -0.4 is 0 Å². The Hall–Kier alpha value is -2.01. The molecule has 1 saturated heterocycles. The van der Waals surface area contributed by atoms with Crippen LogP contribution in [0.2, 0.25) is 0 Å². The molecule has 1 aliphatic heterocycles. The SMILES string of the molecule is CC(=O)c1cccc(CN2CCN(Cc3ccccc3C)C(CCO)C2)c1. The summed E-state index contributed by atoms with van der Waals surface area (Å²) in [6.45, 7) is 8.70. The van der Waals surface area contributed by atoms with Gasteiger partial charge in [0.2, 0.25) is 0 Å². The minimum Gasteiger partial charge on any atom is -0.396 e. The van der Waals surface area contributed by atoms with Crippen LogP contribution in [0.25, 0.3) is 0 Å². The van der Waals surface area contributed by atoms with Crippen molar-refractivity contribution >= 4 is 5.78 Å². The summed E-state index contributed by atoms with van der Waals surface area (Å²) >= 11 is 0. The van der Waals surface area contributed by atoms with Crippen molar-refractivity contribution in [3.8, 4) is 0 Å². The van der Waals surface area contributed by atoms with Gasteiger partial charge in [0.1, 0.15) is 0 Å². The number of hydrogen-bond donors (Lipinski definition) is 1. The van der Waals surface area contributed by atoms with Crippen molar-refractivity contribution < 1.29 is 9.90 Å². The standard InChI is InChI=1S/C23H30N2O2/c1-18-6-3-4-8-22(18)16-25-12-11-24(17-23(25)10-13-26)15-20-7-5-9-21(14-20)19(2)27/h3-9,14,23,26H,10-13,15-17H2,1-2H3. The molecule has 1 atom stereocenters. The van der Waals surface area contributed by atoms with Crippen molar-refractivity contribution in [3.63, 3.8) is 0 Å². The van der Waals surface area contributed by atoms with Gasteiger partial charge in [-0.1, -0.05) is 42.5 Å². The molecule has 144 valence electrons. The Bertz CT molecular complexity index is 774. The molecule has 0 amide bonds. The average molecular weight is 367 g/mol. The van der Waals surface area contributed by atoms with Crippen LogP contribution in [0.15, 0.2) is 48.5 Å². The van der Waals surface area contributed by atoms with Gasteiger partial charge in [0.05, 0.1) is 0 Å². The second-order valence-corrected chi connectivity index (χ2v) is 7.55. The number of aliphatic hydroxyl groups excluding tert-OH is 1. The summed E-state index contributed by atoms with van der Waals surface area (Å²) in [6, 6.07) is 16.8. The number of carbonyl (C=O) groups is 1. The Morgan fingerprint density at radius 2 is 1.93 bits per heavy atom. The first kappa shape index (κ1) is 19.7. The van der Waals surface area contributed by atoms with Crippen LogP contribution in [0.4, 0.5) is 0 Å². The van der Waals surface area contributed by atoms with Crippen LogP contribution in [0.1, 0.15) is 40.4 Å². The van der Waals surface area contributed by atoms with E-state index in [9.17, 15) is 9.90 Å². The van der Waals surface area contributed by atoms with E-state index in [-0.39, 0.29) is 12.4 Å². The summed E-state index contributed by atoms with van der Waals surface area (Å²) in [4.78, 5) is 16.6. The summed E-state index contributed by atoms with van der Waals surface area (Å²) in [7, 11) is 0. The van der Waals surface area contributed by atoms with Crippen LogP contribution in [-0.4, -0.2) is 53.0 Å². The van der Waals surface area contributed by atoms with Gasteiger partial charge in [0.15, 0.2) is 5.78 Å². The molecule has 1 heterocycles. The number of aliphatic hydroxyl groups is 1. The van der Waals surface area contributed by atoms with E-state index in [4.69, 9.17) is 0 Å². The highest BCUT2D eigenvalue weighted by molar-refractivity contribution is 5.94. The fourth-order valence-corrected chi connectivity index (χ4v) is 3.89. The molecule has 1 fully saturated rings. The molecule has 1 aliphatic rings. The van der Waals surface area contributed by atoms with Crippen molar-refractivity contribution in [2.24, 2.45) is 0 Å². The van der Waals surface area contributed by atoms with E-state index in [0.717, 1.165) is 44.7 Å². The Kier molecular flexibility index (Phi) is 6.78. The number of Topliss-reactive ketones (excluding diaryl/α,β-unsaturated/α-hetero) is 1. The van der Waals surface area contributed by atoms with Gasteiger partial charge in [-0.05, 0) is 43.0 Å². The van der Waals surface area contributed by atoms with E-state index in [0.29, 0.717) is 6.04 Å². The number of carbonyl (C=O) groups excluding carboxylic acids is 1. The summed E-state index contributed by atoms with van der Waals surface area (Å²) < 4.78 is 0. The summed E-state index contributed by atoms with van der Waals surface area (Å²) in [5.74, 6) is 0.109. The second-order valence-electron chi connectivity index (χ2n) is 7.55. The lowest BCUT2D eigenvalue weighted by Gasteiger charge is -2.41. The molecule has 4 nitrogen and oxygen atoms in total. The smallest absolute Gasteiger partial charge is 0.159 e. The number of ketones is 1. The Balaban J connectivity index is 1.66. The Labute approximate surface area is 162 Å². The van der Waals surface area contributed by atoms with E-state index in [2.05, 4.69) is 47.1 Å². The monoisotopic (exact) mass is 366 g/mol. The van der Waals surface area contributed by atoms with Crippen LogP contribution >= 0.6 is 0 Å². The largest absolute Gasteiger partial charge is 0.396 e. The molecule has 0 radical (unpaired) electrons. The van der Waals surface area contributed by atoms with Gasteiger partial charge in [-0.2, -0.15) is 0 Å². The molecule has 2 aromatic rings. The summed E-state index contributed by atoms with van der Waals surface area (Å²) in [5, 5.41) is 9.55. The molecule has 4 heteroatoms. The number of aryl methyl sites for hydroxylation is 1. The van der Waals surface area contributed by atoms with E-state index in [1.54, 1.807) is 6.92 Å². The molecule has 1 unspecified atom stereocenters. The topological polar surface area (TPSA) is 43.8 Å². The van der Waals surface area contributed by atoms with Crippen LogP contribution in [-0.2, 0) is 13.1 Å². The molecule has 0 aliphatic carbocycles. The lowest BCUT2D eigenvalue weighted by Crippen LogP contribution is -2.52. The maximum absolute atomic E-state index is 11.6. The first-order valence-electron chi connectivity index (χ1n) is 9.78. The highest BCUT2D eigenvalue weighted by atomic mass is 16.3. The first-order valence-corrected chi connectivity index (χ1v) is 9.78. The molecule has 27 heavy (non-hydrogen) atoms. The highest BCUT2D eigenvalue weighted by Crippen LogP contribution is 2.20. The third kappa shape index (κ3) is 5.25. The number of piperazine rings is 1. The van der Waals surface area contributed by atoms with Crippen LogP contribution in [0.5, 0.6) is 0 Å². The maximum Gasteiger partial charge on any atom is 0.159 e. The van der Waals surface area contributed by atoms with Gasteiger partial charge >= 0.3 is 0 Å². The van der Waals surface area contributed by atoms with Crippen molar-refractivity contribution in [2.75, 3.05) is 26.2 Å². The number of nitrogens with zero attached hydrogens (tertiary/aromatic N) is 2. The highest BCUT2D eigenvalue weighted by Gasteiger charge is 2.27. The zero-order valence-electron chi connectivity index (χ0n) is 16.4. The molecule has 0 aromatic heterocycles. The van der Waals surface area contributed by atoms with E-state index in [1.165, 1.54) is 16.7 Å². The first-order chi connectivity index (χ1) is 13.1. The normalized spacial score (nSPS) is 18.6. The summed E-state index contributed by atoms with van der Waals surface area (Å²) in [5.41, 5.74) is 4.64. The molecule has 0 bridgehead atoms. The molecule has 0 saturated carbocycles. The fraction of sp³-hybridized carbons (Fsp3) is 0.435. The molecule has 3 rings (SSSR count). The maximum atomic E-state index is 11.6.